The Labute approximate surface area is 138 Å². The number of hydrogen-bond donors (Lipinski definition) is 0. The van der Waals surface area contributed by atoms with Crippen LogP contribution in [0.3, 0.4) is 0 Å². The minimum absolute atomic E-state index is 0.0350. The van der Waals surface area contributed by atoms with Crippen LogP contribution in [0.1, 0.15) is 12.5 Å². The van der Waals surface area contributed by atoms with E-state index in [0.29, 0.717) is 10.5 Å². The van der Waals surface area contributed by atoms with Crippen molar-refractivity contribution in [3.63, 3.8) is 0 Å². The maximum atomic E-state index is 12.9. The van der Waals surface area contributed by atoms with E-state index in [1.54, 1.807) is 18.2 Å². The average Bonchev–Trinajstić information content (AvgIpc) is 2.54. The lowest BCUT2D eigenvalue weighted by Crippen LogP contribution is -2.48. The smallest absolute Gasteiger partial charge is 0.320 e. The molecule has 3 rings (SSSR count). The van der Waals surface area contributed by atoms with Crippen LogP contribution in [-0.4, -0.2) is 44.4 Å². The second-order valence-electron chi connectivity index (χ2n) is 5.59. The predicted molar refractivity (Wildman–Crippen MR) is 85.9 cm³/mol. The lowest BCUT2D eigenvalue weighted by Gasteiger charge is -2.38. The summed E-state index contributed by atoms with van der Waals surface area (Å²) in [6, 6.07) is 6.56. The van der Waals surface area contributed by atoms with E-state index in [1.165, 1.54) is 38.9 Å². The Morgan fingerprint density at radius 3 is 2.65 bits per heavy atom. The number of likely N-dealkylation sites (N-methyl/N-ethyl adjacent to an activating group) is 1. The van der Waals surface area contributed by atoms with Gasteiger partial charge in [0.2, 0.25) is 0 Å². The number of allylic oxidation sites excluding steroid dienone is 1. The summed E-state index contributed by atoms with van der Waals surface area (Å²) in [5, 5.41) is 0. The number of rotatable bonds is 1. The molecule has 0 radical (unpaired) electrons. The third kappa shape index (κ3) is 2.05. The standard InChI is InChI=1S/C15H15NO5S2/c1-15(14(18)21-3)8-22-12-9-6-4-5-7-10(9)23(19,20)16(2)11(12)13(15)17/h4-7H,8H2,1-3H3. The number of esters is 1. The van der Waals surface area contributed by atoms with Crippen LogP contribution in [0.2, 0.25) is 0 Å². The van der Waals surface area contributed by atoms with Crippen molar-refractivity contribution in [2.24, 2.45) is 5.41 Å². The molecule has 2 heterocycles. The molecule has 2 aliphatic rings. The number of thioether (sulfide) groups is 1. The molecular weight excluding hydrogens is 338 g/mol. The van der Waals surface area contributed by atoms with Crippen LogP contribution in [0.5, 0.6) is 0 Å². The van der Waals surface area contributed by atoms with Gasteiger partial charge < -0.3 is 4.74 Å². The van der Waals surface area contributed by atoms with Crippen molar-refractivity contribution < 1.29 is 22.7 Å². The molecular formula is C15H15NO5S2. The Hall–Kier alpha value is -1.80. The zero-order valence-corrected chi connectivity index (χ0v) is 14.5. The molecule has 2 aliphatic heterocycles. The van der Waals surface area contributed by atoms with Gasteiger partial charge in [-0.25, -0.2) is 8.42 Å². The van der Waals surface area contributed by atoms with Crippen molar-refractivity contribution in [2.75, 3.05) is 19.9 Å². The molecule has 1 atom stereocenters. The van der Waals surface area contributed by atoms with Gasteiger partial charge in [-0.05, 0) is 13.0 Å². The molecule has 0 bridgehead atoms. The summed E-state index contributed by atoms with van der Waals surface area (Å²) in [6.07, 6.45) is 0. The van der Waals surface area contributed by atoms with Crippen molar-refractivity contribution in [1.82, 2.24) is 4.31 Å². The first-order valence-corrected chi connectivity index (χ1v) is 9.26. The van der Waals surface area contributed by atoms with E-state index in [0.717, 1.165) is 4.31 Å². The minimum atomic E-state index is -3.82. The molecule has 8 heteroatoms. The van der Waals surface area contributed by atoms with E-state index >= 15 is 0 Å². The van der Waals surface area contributed by atoms with E-state index in [-0.39, 0.29) is 16.3 Å². The number of carbonyl (C=O) groups is 2. The fourth-order valence-corrected chi connectivity index (χ4v) is 5.64. The molecule has 0 saturated heterocycles. The normalized spacial score (nSPS) is 25.7. The number of benzene rings is 1. The van der Waals surface area contributed by atoms with Gasteiger partial charge in [-0.15, -0.1) is 11.8 Å². The quantitative estimate of drug-likeness (QED) is 0.562. The Morgan fingerprint density at radius 1 is 1.35 bits per heavy atom. The second-order valence-corrected chi connectivity index (χ2v) is 8.51. The molecule has 0 saturated carbocycles. The number of sulfonamides is 1. The molecule has 122 valence electrons. The zero-order chi connectivity index (χ0) is 17.0. The maximum absolute atomic E-state index is 12.9. The van der Waals surface area contributed by atoms with Gasteiger partial charge >= 0.3 is 5.97 Å². The van der Waals surface area contributed by atoms with Gasteiger partial charge in [0, 0.05) is 23.3 Å². The van der Waals surface area contributed by atoms with E-state index in [1.807, 2.05) is 0 Å². The molecule has 0 fully saturated rings. The van der Waals surface area contributed by atoms with Crippen molar-refractivity contribution in [3.8, 4) is 0 Å². The monoisotopic (exact) mass is 353 g/mol. The number of hydrogen-bond acceptors (Lipinski definition) is 6. The van der Waals surface area contributed by atoms with Gasteiger partial charge in [-0.2, -0.15) is 0 Å². The Bertz CT molecular complexity index is 858. The zero-order valence-electron chi connectivity index (χ0n) is 12.8. The average molecular weight is 353 g/mol. The van der Waals surface area contributed by atoms with Crippen molar-refractivity contribution >= 4 is 38.4 Å². The lowest BCUT2D eigenvalue weighted by atomic mass is 9.85. The molecule has 1 unspecified atom stereocenters. The third-order valence-corrected chi connectivity index (χ3v) is 7.40. The van der Waals surface area contributed by atoms with Crippen LogP contribution in [0.4, 0.5) is 0 Å². The highest BCUT2D eigenvalue weighted by Crippen LogP contribution is 2.49. The molecule has 23 heavy (non-hydrogen) atoms. The summed E-state index contributed by atoms with van der Waals surface area (Å²) >= 11 is 1.30. The summed E-state index contributed by atoms with van der Waals surface area (Å²) in [5.74, 6) is -0.982. The Balaban J connectivity index is 2.27. The van der Waals surface area contributed by atoms with Crippen LogP contribution in [0.15, 0.2) is 34.9 Å². The number of fused-ring (bicyclic) bond motifs is 2. The van der Waals surface area contributed by atoms with Crippen LogP contribution < -0.4 is 0 Å². The number of ether oxygens (including phenoxy) is 1. The maximum Gasteiger partial charge on any atom is 0.320 e. The van der Waals surface area contributed by atoms with E-state index < -0.39 is 27.2 Å². The fraction of sp³-hybridized carbons (Fsp3) is 0.333. The number of methoxy groups -OCH3 is 1. The molecule has 1 aromatic rings. The second kappa shape index (κ2) is 5.10. The van der Waals surface area contributed by atoms with E-state index in [2.05, 4.69) is 0 Å². The van der Waals surface area contributed by atoms with E-state index in [4.69, 9.17) is 4.74 Å². The third-order valence-electron chi connectivity index (χ3n) is 4.16. The minimum Gasteiger partial charge on any atom is -0.468 e. The summed E-state index contributed by atoms with van der Waals surface area (Å²) in [7, 11) is -1.27. The largest absolute Gasteiger partial charge is 0.468 e. The highest BCUT2D eigenvalue weighted by Gasteiger charge is 2.52. The number of Topliss-reactive ketones (excluding diaryl/α,β-unsaturated/α-hetero) is 1. The molecule has 0 N–H and O–H groups in total. The molecule has 6 nitrogen and oxygen atoms in total. The van der Waals surface area contributed by atoms with Crippen molar-refractivity contribution in [1.29, 1.82) is 0 Å². The highest BCUT2D eigenvalue weighted by atomic mass is 32.2. The molecule has 0 spiro atoms. The first kappa shape index (κ1) is 16.1. The van der Waals surface area contributed by atoms with E-state index in [9.17, 15) is 18.0 Å². The molecule has 0 amide bonds. The summed E-state index contributed by atoms with van der Waals surface area (Å²) in [6.45, 7) is 1.49. The van der Waals surface area contributed by atoms with Crippen LogP contribution in [-0.2, 0) is 24.3 Å². The fourth-order valence-electron chi connectivity index (χ4n) is 2.73. The summed E-state index contributed by atoms with van der Waals surface area (Å²) in [5.41, 5.74) is -0.854. The number of carbonyl (C=O) groups excluding carboxylic acids is 2. The van der Waals surface area contributed by atoms with Gasteiger partial charge in [0.25, 0.3) is 10.0 Å². The number of ketones is 1. The van der Waals surface area contributed by atoms with Gasteiger partial charge in [0.1, 0.15) is 11.1 Å². The SMILES string of the molecule is COC(=O)C1(C)CSC2=C(C1=O)N(C)S(=O)(=O)c1ccccc12. The Kier molecular flexibility index (Phi) is 3.57. The highest BCUT2D eigenvalue weighted by molar-refractivity contribution is 8.08. The number of nitrogens with zero attached hydrogens (tertiary/aromatic N) is 1. The van der Waals surface area contributed by atoms with Gasteiger partial charge in [-0.1, -0.05) is 18.2 Å². The molecule has 0 aliphatic carbocycles. The summed E-state index contributed by atoms with van der Waals surface area (Å²) in [4.78, 5) is 25.7. The summed E-state index contributed by atoms with van der Waals surface area (Å²) < 4.78 is 31.0. The first-order valence-electron chi connectivity index (χ1n) is 6.84. The predicted octanol–water partition coefficient (Wildman–Crippen LogP) is 1.48. The topological polar surface area (TPSA) is 80.8 Å². The Morgan fingerprint density at radius 2 is 2.00 bits per heavy atom. The van der Waals surface area contributed by atoms with Crippen molar-refractivity contribution in [2.45, 2.75) is 11.8 Å². The molecule has 1 aromatic carbocycles. The molecule has 0 aromatic heterocycles. The van der Waals surface area contributed by atoms with Crippen LogP contribution in [0, 0.1) is 5.41 Å². The van der Waals surface area contributed by atoms with Crippen LogP contribution >= 0.6 is 11.8 Å². The van der Waals surface area contributed by atoms with Crippen molar-refractivity contribution in [3.05, 3.63) is 35.5 Å². The van der Waals surface area contributed by atoms with Gasteiger partial charge in [0.15, 0.2) is 5.78 Å². The van der Waals surface area contributed by atoms with Gasteiger partial charge in [-0.3, -0.25) is 13.9 Å². The van der Waals surface area contributed by atoms with Crippen LogP contribution in [0.25, 0.3) is 4.91 Å². The first-order chi connectivity index (χ1) is 10.7. The lowest BCUT2D eigenvalue weighted by molar-refractivity contribution is -0.154. The van der Waals surface area contributed by atoms with Gasteiger partial charge in [0.05, 0.1) is 12.0 Å².